The van der Waals surface area contributed by atoms with Crippen LogP contribution in [0.1, 0.15) is 33.6 Å². The third kappa shape index (κ3) is 3.98. The topological polar surface area (TPSA) is 55.1 Å². The molecule has 0 aliphatic heterocycles. The second-order valence-corrected chi connectivity index (χ2v) is 2.81. The van der Waals surface area contributed by atoms with Crippen LogP contribution in [0.5, 0.6) is 0 Å². The van der Waals surface area contributed by atoms with Gasteiger partial charge in [0.05, 0.1) is 6.04 Å². The maximum absolute atomic E-state index is 11.0. The van der Waals surface area contributed by atoms with Crippen molar-refractivity contribution in [1.29, 1.82) is 0 Å². The van der Waals surface area contributed by atoms with Crippen molar-refractivity contribution in [2.75, 3.05) is 0 Å². The van der Waals surface area contributed by atoms with Crippen molar-refractivity contribution in [2.45, 2.75) is 45.7 Å². The number of rotatable bonds is 4. The summed E-state index contributed by atoms with van der Waals surface area (Å²) in [4.78, 5) is 11.0. The van der Waals surface area contributed by atoms with Gasteiger partial charge in [-0.15, -0.1) is 0 Å². The fourth-order valence-electron chi connectivity index (χ4n) is 0.825. The number of carbonyl (C=O) groups excluding carboxylic acids is 1. The molecule has 11 heavy (non-hydrogen) atoms. The van der Waals surface area contributed by atoms with Gasteiger partial charge in [0.25, 0.3) is 0 Å². The normalized spacial score (nSPS) is 13.2. The van der Waals surface area contributed by atoms with Crippen molar-refractivity contribution in [3.8, 4) is 0 Å². The fourth-order valence-corrected chi connectivity index (χ4v) is 0.825. The molecule has 0 aliphatic rings. The van der Waals surface area contributed by atoms with Gasteiger partial charge in [-0.25, -0.2) is 0 Å². The second-order valence-electron chi connectivity index (χ2n) is 2.81. The largest absolute Gasteiger partial charge is 0.352 e. The summed E-state index contributed by atoms with van der Waals surface area (Å²) >= 11 is 0. The molecule has 66 valence electrons. The maximum Gasteiger partial charge on any atom is 0.236 e. The molecule has 0 rings (SSSR count). The molecule has 0 fully saturated rings. The summed E-state index contributed by atoms with van der Waals surface area (Å²) in [7, 11) is 0. The van der Waals surface area contributed by atoms with Crippen molar-refractivity contribution >= 4 is 5.91 Å². The van der Waals surface area contributed by atoms with Gasteiger partial charge in [-0.3, -0.25) is 4.79 Å². The standard InChI is InChI=1S/C8H18N2O/c1-4-7(5-2)10-8(11)6(3)9/h6-7H,4-5,9H2,1-3H3,(H,10,11)/t6-/m1/s1. The molecule has 3 nitrogen and oxygen atoms in total. The zero-order chi connectivity index (χ0) is 8.85. The lowest BCUT2D eigenvalue weighted by Crippen LogP contribution is -2.43. The minimum atomic E-state index is -0.393. The van der Waals surface area contributed by atoms with Gasteiger partial charge in [0, 0.05) is 6.04 Å². The van der Waals surface area contributed by atoms with Crippen LogP contribution in [0.2, 0.25) is 0 Å². The van der Waals surface area contributed by atoms with Gasteiger partial charge in [0.1, 0.15) is 0 Å². The Bertz CT molecular complexity index is 119. The molecule has 3 heteroatoms. The van der Waals surface area contributed by atoms with E-state index in [9.17, 15) is 4.79 Å². The van der Waals surface area contributed by atoms with Crippen LogP contribution in [0.4, 0.5) is 0 Å². The summed E-state index contributed by atoms with van der Waals surface area (Å²) in [6.07, 6.45) is 1.93. The third-order valence-corrected chi connectivity index (χ3v) is 1.75. The van der Waals surface area contributed by atoms with Gasteiger partial charge in [-0.1, -0.05) is 13.8 Å². The lowest BCUT2D eigenvalue weighted by Gasteiger charge is -2.15. The predicted octanol–water partition coefficient (Wildman–Crippen LogP) is 0.638. The first-order chi connectivity index (χ1) is 5.11. The first kappa shape index (κ1) is 10.4. The molecule has 0 heterocycles. The van der Waals surface area contributed by atoms with E-state index >= 15 is 0 Å². The smallest absolute Gasteiger partial charge is 0.236 e. The van der Waals surface area contributed by atoms with Crippen LogP contribution in [0.15, 0.2) is 0 Å². The number of nitrogens with one attached hydrogen (secondary N) is 1. The number of hydrogen-bond acceptors (Lipinski definition) is 2. The molecule has 0 radical (unpaired) electrons. The van der Waals surface area contributed by atoms with E-state index in [-0.39, 0.29) is 11.9 Å². The van der Waals surface area contributed by atoms with Crippen LogP contribution in [-0.4, -0.2) is 18.0 Å². The van der Waals surface area contributed by atoms with Crippen molar-refractivity contribution < 1.29 is 4.79 Å². The van der Waals surface area contributed by atoms with Crippen LogP contribution >= 0.6 is 0 Å². The summed E-state index contributed by atoms with van der Waals surface area (Å²) < 4.78 is 0. The number of nitrogens with two attached hydrogens (primary N) is 1. The lowest BCUT2D eigenvalue weighted by molar-refractivity contribution is -0.122. The third-order valence-electron chi connectivity index (χ3n) is 1.75. The highest BCUT2D eigenvalue weighted by Crippen LogP contribution is 1.95. The van der Waals surface area contributed by atoms with Gasteiger partial charge in [-0.2, -0.15) is 0 Å². The molecule has 0 aliphatic carbocycles. The Morgan fingerprint density at radius 2 is 1.91 bits per heavy atom. The van der Waals surface area contributed by atoms with E-state index in [1.165, 1.54) is 0 Å². The average molecular weight is 158 g/mol. The van der Waals surface area contributed by atoms with Crippen LogP contribution in [0, 0.1) is 0 Å². The summed E-state index contributed by atoms with van der Waals surface area (Å²) in [5.74, 6) is -0.0568. The van der Waals surface area contributed by atoms with Crippen molar-refractivity contribution in [3.63, 3.8) is 0 Å². The van der Waals surface area contributed by atoms with Gasteiger partial charge in [0.2, 0.25) is 5.91 Å². The van der Waals surface area contributed by atoms with Gasteiger partial charge >= 0.3 is 0 Å². The Labute approximate surface area is 68.3 Å². The SMILES string of the molecule is CCC(CC)NC(=O)[C@@H](C)N. The highest BCUT2D eigenvalue weighted by molar-refractivity contribution is 5.81. The van der Waals surface area contributed by atoms with Gasteiger partial charge in [0.15, 0.2) is 0 Å². The number of carbonyl (C=O) groups is 1. The van der Waals surface area contributed by atoms with Crippen molar-refractivity contribution in [1.82, 2.24) is 5.32 Å². The molecule has 1 atom stereocenters. The van der Waals surface area contributed by atoms with E-state index in [0.717, 1.165) is 12.8 Å². The molecule has 3 N–H and O–H groups in total. The molecule has 0 unspecified atom stereocenters. The van der Waals surface area contributed by atoms with E-state index in [4.69, 9.17) is 5.73 Å². The molecule has 0 saturated heterocycles. The lowest BCUT2D eigenvalue weighted by atomic mass is 10.1. The Morgan fingerprint density at radius 1 is 1.45 bits per heavy atom. The van der Waals surface area contributed by atoms with Crippen molar-refractivity contribution in [2.24, 2.45) is 5.73 Å². The molecule has 0 bridgehead atoms. The Hall–Kier alpha value is -0.570. The molecular formula is C8H18N2O. The Morgan fingerprint density at radius 3 is 2.18 bits per heavy atom. The van der Waals surface area contributed by atoms with Crippen LogP contribution < -0.4 is 11.1 Å². The first-order valence-corrected chi connectivity index (χ1v) is 4.17. The van der Waals surface area contributed by atoms with E-state index in [2.05, 4.69) is 19.2 Å². The highest BCUT2D eigenvalue weighted by Gasteiger charge is 2.10. The minimum absolute atomic E-state index is 0.0568. The summed E-state index contributed by atoms with van der Waals surface area (Å²) in [6.45, 7) is 5.79. The van der Waals surface area contributed by atoms with E-state index in [0.29, 0.717) is 0 Å². The molecule has 0 aromatic rings. The molecule has 1 amide bonds. The van der Waals surface area contributed by atoms with E-state index in [1.54, 1.807) is 6.92 Å². The predicted molar refractivity (Wildman–Crippen MR) is 46.2 cm³/mol. The van der Waals surface area contributed by atoms with Crippen LogP contribution in [0.25, 0.3) is 0 Å². The molecular weight excluding hydrogens is 140 g/mol. The Balaban J connectivity index is 3.72. The number of hydrogen-bond donors (Lipinski definition) is 2. The molecule has 0 aromatic carbocycles. The fraction of sp³-hybridized carbons (Fsp3) is 0.875. The number of amides is 1. The van der Waals surface area contributed by atoms with Gasteiger partial charge in [-0.05, 0) is 19.8 Å². The summed E-state index contributed by atoms with van der Waals surface area (Å²) in [6, 6.07) is -0.107. The molecule has 0 aromatic heterocycles. The first-order valence-electron chi connectivity index (χ1n) is 4.17. The zero-order valence-corrected chi connectivity index (χ0v) is 7.55. The van der Waals surface area contributed by atoms with Gasteiger partial charge < -0.3 is 11.1 Å². The van der Waals surface area contributed by atoms with Crippen molar-refractivity contribution in [3.05, 3.63) is 0 Å². The van der Waals surface area contributed by atoms with Crippen LogP contribution in [0.3, 0.4) is 0 Å². The summed E-state index contributed by atoms with van der Waals surface area (Å²) in [5.41, 5.74) is 5.38. The van der Waals surface area contributed by atoms with E-state index in [1.807, 2.05) is 0 Å². The average Bonchev–Trinajstić information content (AvgIpc) is 1.99. The van der Waals surface area contributed by atoms with E-state index < -0.39 is 6.04 Å². The van der Waals surface area contributed by atoms with Crippen LogP contribution in [-0.2, 0) is 4.79 Å². The minimum Gasteiger partial charge on any atom is -0.352 e. The highest BCUT2D eigenvalue weighted by atomic mass is 16.2. The molecule has 0 saturated carbocycles. The maximum atomic E-state index is 11.0. The molecule has 0 spiro atoms. The summed E-state index contributed by atoms with van der Waals surface area (Å²) in [5, 5.41) is 2.85. The second kappa shape index (κ2) is 5.13. The Kier molecular flexibility index (Phi) is 4.86. The quantitative estimate of drug-likeness (QED) is 0.630. The monoisotopic (exact) mass is 158 g/mol. The zero-order valence-electron chi connectivity index (χ0n) is 7.55.